The van der Waals surface area contributed by atoms with E-state index in [9.17, 15) is 4.79 Å². The van der Waals surface area contributed by atoms with E-state index in [1.807, 2.05) is 12.1 Å². The molecule has 2 aliphatic rings. The maximum atomic E-state index is 13.2. The fraction of sp³-hybridized carbons (Fsp3) is 0.458. The lowest BCUT2D eigenvalue weighted by atomic mass is 9.93. The van der Waals surface area contributed by atoms with E-state index in [0.29, 0.717) is 5.91 Å². The molecule has 0 aliphatic carbocycles. The van der Waals surface area contributed by atoms with Crippen LogP contribution in [0.4, 0.5) is 0 Å². The van der Waals surface area contributed by atoms with Gasteiger partial charge in [-0.2, -0.15) is 0 Å². The van der Waals surface area contributed by atoms with Crippen molar-refractivity contribution in [2.75, 3.05) is 33.9 Å². The third-order valence-corrected chi connectivity index (χ3v) is 6.15. The lowest BCUT2D eigenvalue weighted by Gasteiger charge is -2.36. The average Bonchev–Trinajstić information content (AvgIpc) is 2.78. The maximum Gasteiger partial charge on any atom is 0.227 e. The van der Waals surface area contributed by atoms with Crippen LogP contribution in [0.15, 0.2) is 42.5 Å². The van der Waals surface area contributed by atoms with Crippen molar-refractivity contribution in [1.29, 1.82) is 0 Å². The van der Waals surface area contributed by atoms with Crippen molar-refractivity contribution in [2.45, 2.75) is 32.4 Å². The number of methoxy groups -OCH3 is 2. The topological polar surface area (TPSA) is 42.0 Å². The Morgan fingerprint density at radius 2 is 1.83 bits per heavy atom. The van der Waals surface area contributed by atoms with Gasteiger partial charge in [0.25, 0.3) is 0 Å². The van der Waals surface area contributed by atoms with E-state index in [2.05, 4.69) is 40.1 Å². The first-order valence-corrected chi connectivity index (χ1v) is 10.5. The highest BCUT2D eigenvalue weighted by molar-refractivity contribution is 5.79. The van der Waals surface area contributed by atoms with Gasteiger partial charge in [-0.25, -0.2) is 0 Å². The highest BCUT2D eigenvalue weighted by Gasteiger charge is 2.31. The SMILES string of the molecule is COc1ccc(CN2CCC[C@H](C(=O)N3CCc4ccccc4C3)C2)cc1OC. The molecule has 0 saturated carbocycles. The van der Waals surface area contributed by atoms with E-state index >= 15 is 0 Å². The third kappa shape index (κ3) is 4.40. The molecular weight excluding hydrogens is 364 g/mol. The lowest BCUT2D eigenvalue weighted by molar-refractivity contribution is -0.138. The molecule has 1 atom stereocenters. The first-order valence-electron chi connectivity index (χ1n) is 10.5. The minimum absolute atomic E-state index is 0.0918. The molecule has 2 aromatic rings. The minimum atomic E-state index is 0.0918. The Morgan fingerprint density at radius 1 is 1.03 bits per heavy atom. The molecule has 0 bridgehead atoms. The van der Waals surface area contributed by atoms with Crippen molar-refractivity contribution in [3.63, 3.8) is 0 Å². The number of amides is 1. The Labute approximate surface area is 173 Å². The van der Waals surface area contributed by atoms with E-state index in [0.717, 1.165) is 63.5 Å². The van der Waals surface area contributed by atoms with Crippen molar-refractivity contribution < 1.29 is 14.3 Å². The number of hydrogen-bond donors (Lipinski definition) is 0. The Kier molecular flexibility index (Phi) is 6.05. The second-order valence-electron chi connectivity index (χ2n) is 8.04. The molecule has 0 unspecified atom stereocenters. The van der Waals surface area contributed by atoms with Gasteiger partial charge in [-0.1, -0.05) is 30.3 Å². The molecule has 2 heterocycles. The first kappa shape index (κ1) is 19.8. The Hall–Kier alpha value is -2.53. The fourth-order valence-corrected chi connectivity index (χ4v) is 4.58. The van der Waals surface area contributed by atoms with Crippen LogP contribution in [0.5, 0.6) is 11.5 Å². The van der Waals surface area contributed by atoms with Crippen LogP contribution in [0.1, 0.15) is 29.5 Å². The number of ether oxygens (including phenoxy) is 2. The summed E-state index contributed by atoms with van der Waals surface area (Å²) in [5, 5.41) is 0. The van der Waals surface area contributed by atoms with Gasteiger partial charge in [0.15, 0.2) is 11.5 Å². The predicted octanol–water partition coefficient (Wildman–Crippen LogP) is 3.50. The number of hydrogen-bond acceptors (Lipinski definition) is 4. The normalized spacial score (nSPS) is 19.5. The second kappa shape index (κ2) is 8.87. The number of likely N-dealkylation sites (tertiary alicyclic amines) is 1. The van der Waals surface area contributed by atoms with Crippen LogP contribution in [0.3, 0.4) is 0 Å². The van der Waals surface area contributed by atoms with Crippen LogP contribution in [0, 0.1) is 5.92 Å². The van der Waals surface area contributed by atoms with Crippen molar-refractivity contribution in [2.24, 2.45) is 5.92 Å². The molecule has 1 amide bonds. The first-order chi connectivity index (χ1) is 14.2. The van der Waals surface area contributed by atoms with Gasteiger partial charge in [-0.15, -0.1) is 0 Å². The molecule has 0 radical (unpaired) electrons. The summed E-state index contributed by atoms with van der Waals surface area (Å²) in [6.45, 7) is 4.27. The summed E-state index contributed by atoms with van der Waals surface area (Å²) in [5.41, 5.74) is 3.86. The molecule has 5 heteroatoms. The van der Waals surface area contributed by atoms with Gasteiger partial charge < -0.3 is 14.4 Å². The number of carbonyl (C=O) groups excluding carboxylic acids is 1. The van der Waals surface area contributed by atoms with Crippen LogP contribution in [-0.2, 0) is 24.3 Å². The molecule has 4 rings (SSSR count). The Bertz CT molecular complexity index is 867. The Morgan fingerprint density at radius 3 is 2.62 bits per heavy atom. The van der Waals surface area contributed by atoms with E-state index in [4.69, 9.17) is 9.47 Å². The molecular formula is C24H30N2O3. The van der Waals surface area contributed by atoms with Gasteiger partial charge in [0.2, 0.25) is 5.91 Å². The van der Waals surface area contributed by atoms with Gasteiger partial charge in [0.1, 0.15) is 0 Å². The predicted molar refractivity (Wildman–Crippen MR) is 113 cm³/mol. The largest absolute Gasteiger partial charge is 0.493 e. The molecule has 0 spiro atoms. The second-order valence-corrected chi connectivity index (χ2v) is 8.04. The zero-order valence-electron chi connectivity index (χ0n) is 17.4. The number of fused-ring (bicyclic) bond motifs is 1. The number of benzene rings is 2. The van der Waals surface area contributed by atoms with E-state index in [1.165, 1.54) is 16.7 Å². The summed E-state index contributed by atoms with van der Waals surface area (Å²) in [5.74, 6) is 1.90. The summed E-state index contributed by atoms with van der Waals surface area (Å²) in [7, 11) is 3.31. The maximum absolute atomic E-state index is 13.2. The fourth-order valence-electron chi connectivity index (χ4n) is 4.58. The molecule has 2 aromatic carbocycles. The standard InChI is InChI=1S/C24H30N2O3/c1-28-22-10-9-18(14-23(22)29-2)15-25-12-5-8-21(16-25)24(27)26-13-11-19-6-3-4-7-20(19)17-26/h3-4,6-7,9-10,14,21H,5,8,11-13,15-17H2,1-2H3/t21-/m0/s1. The Balaban J connectivity index is 1.39. The summed E-state index contributed by atoms with van der Waals surface area (Å²) in [4.78, 5) is 17.7. The van der Waals surface area contributed by atoms with E-state index < -0.39 is 0 Å². The molecule has 29 heavy (non-hydrogen) atoms. The van der Waals surface area contributed by atoms with Crippen LogP contribution < -0.4 is 9.47 Å². The minimum Gasteiger partial charge on any atom is -0.493 e. The quantitative estimate of drug-likeness (QED) is 0.778. The van der Waals surface area contributed by atoms with Crippen molar-refractivity contribution in [3.05, 3.63) is 59.2 Å². The molecule has 154 valence electrons. The molecule has 1 fully saturated rings. The number of rotatable bonds is 5. The number of piperidine rings is 1. The number of nitrogens with zero attached hydrogens (tertiary/aromatic N) is 2. The lowest BCUT2D eigenvalue weighted by Crippen LogP contribution is -2.46. The summed E-state index contributed by atoms with van der Waals surface area (Å²) < 4.78 is 10.8. The summed E-state index contributed by atoms with van der Waals surface area (Å²) in [6.07, 6.45) is 3.01. The highest BCUT2D eigenvalue weighted by atomic mass is 16.5. The molecule has 2 aliphatic heterocycles. The van der Waals surface area contributed by atoms with Gasteiger partial charge >= 0.3 is 0 Å². The van der Waals surface area contributed by atoms with Crippen LogP contribution >= 0.6 is 0 Å². The highest BCUT2D eigenvalue weighted by Crippen LogP contribution is 2.29. The summed E-state index contributed by atoms with van der Waals surface area (Å²) in [6, 6.07) is 14.6. The molecule has 5 nitrogen and oxygen atoms in total. The number of carbonyl (C=O) groups is 1. The van der Waals surface area contributed by atoms with Gasteiger partial charge in [0.05, 0.1) is 20.1 Å². The zero-order chi connectivity index (χ0) is 20.2. The smallest absolute Gasteiger partial charge is 0.227 e. The molecule has 1 saturated heterocycles. The molecule has 0 N–H and O–H groups in total. The van der Waals surface area contributed by atoms with Crippen LogP contribution in [-0.4, -0.2) is 49.6 Å². The van der Waals surface area contributed by atoms with Crippen LogP contribution in [0.25, 0.3) is 0 Å². The van der Waals surface area contributed by atoms with E-state index in [1.54, 1.807) is 14.2 Å². The summed E-state index contributed by atoms with van der Waals surface area (Å²) >= 11 is 0. The average molecular weight is 395 g/mol. The van der Waals surface area contributed by atoms with Crippen LogP contribution in [0.2, 0.25) is 0 Å². The van der Waals surface area contributed by atoms with Gasteiger partial charge in [-0.3, -0.25) is 9.69 Å². The van der Waals surface area contributed by atoms with E-state index in [-0.39, 0.29) is 5.92 Å². The van der Waals surface area contributed by atoms with Gasteiger partial charge in [-0.05, 0) is 54.6 Å². The van der Waals surface area contributed by atoms with Crippen molar-refractivity contribution in [3.8, 4) is 11.5 Å². The molecule has 0 aromatic heterocycles. The van der Waals surface area contributed by atoms with Gasteiger partial charge in [0, 0.05) is 26.2 Å². The van der Waals surface area contributed by atoms with Crippen molar-refractivity contribution >= 4 is 5.91 Å². The zero-order valence-corrected chi connectivity index (χ0v) is 17.4. The monoisotopic (exact) mass is 394 g/mol. The van der Waals surface area contributed by atoms with Crippen molar-refractivity contribution in [1.82, 2.24) is 9.80 Å². The third-order valence-electron chi connectivity index (χ3n) is 6.15.